The summed E-state index contributed by atoms with van der Waals surface area (Å²) in [5.41, 5.74) is 3.19. The lowest BCUT2D eigenvalue weighted by atomic mass is 10.2. The Morgan fingerprint density at radius 1 is 1.14 bits per heavy atom. The van der Waals surface area contributed by atoms with Gasteiger partial charge in [-0.3, -0.25) is 4.79 Å². The molecule has 0 radical (unpaired) electrons. The highest BCUT2D eigenvalue weighted by Gasteiger charge is 2.38. The summed E-state index contributed by atoms with van der Waals surface area (Å²) < 4.78 is 47.9. The van der Waals surface area contributed by atoms with Gasteiger partial charge in [0.15, 0.2) is 0 Å². The number of nitrogens with one attached hydrogen (secondary N) is 1. The van der Waals surface area contributed by atoms with Crippen molar-refractivity contribution in [2.75, 3.05) is 24.3 Å². The molecule has 1 aliphatic rings. The van der Waals surface area contributed by atoms with Crippen molar-refractivity contribution in [1.29, 1.82) is 0 Å². The normalized spacial score (nSPS) is 13.0. The molecule has 0 unspecified atom stereocenters. The maximum atomic E-state index is 14.2. The van der Waals surface area contributed by atoms with Gasteiger partial charge in [-0.2, -0.15) is 13.2 Å². The minimum atomic E-state index is -5.08. The zero-order valence-corrected chi connectivity index (χ0v) is 19.8. The molecule has 0 atom stereocenters. The van der Waals surface area contributed by atoms with Crippen molar-refractivity contribution in [2.24, 2.45) is 5.92 Å². The Labute approximate surface area is 204 Å². The molecular formula is C24H25F4N5O3. The van der Waals surface area contributed by atoms with Gasteiger partial charge >= 0.3 is 12.1 Å². The number of nitrogens with zero attached hydrogens (tertiary/aromatic N) is 4. The largest absolute Gasteiger partial charge is 0.490 e. The summed E-state index contributed by atoms with van der Waals surface area (Å²) in [4.78, 5) is 32.4. The van der Waals surface area contributed by atoms with E-state index < -0.39 is 18.0 Å². The minimum absolute atomic E-state index is 0.181. The number of amides is 1. The molecule has 8 nitrogen and oxygen atoms in total. The lowest BCUT2D eigenvalue weighted by molar-refractivity contribution is -0.192. The van der Waals surface area contributed by atoms with Gasteiger partial charge in [0.05, 0.1) is 5.69 Å². The maximum absolute atomic E-state index is 14.2. The number of rotatable bonds is 6. The number of carboxylic acids is 1. The molecule has 2 heterocycles. The molecule has 36 heavy (non-hydrogen) atoms. The van der Waals surface area contributed by atoms with Gasteiger partial charge in [-0.05, 0) is 49.4 Å². The van der Waals surface area contributed by atoms with Crippen LogP contribution in [0.15, 0.2) is 42.9 Å². The van der Waals surface area contributed by atoms with Crippen molar-refractivity contribution >= 4 is 23.5 Å². The Bertz CT molecular complexity index is 1240. The van der Waals surface area contributed by atoms with E-state index in [1.54, 1.807) is 24.5 Å². The first-order valence-electron chi connectivity index (χ1n) is 10.9. The fourth-order valence-corrected chi connectivity index (χ4v) is 3.20. The molecule has 1 aromatic carbocycles. The van der Waals surface area contributed by atoms with Crippen LogP contribution in [-0.2, 0) is 11.3 Å². The van der Waals surface area contributed by atoms with E-state index in [9.17, 15) is 22.4 Å². The van der Waals surface area contributed by atoms with Crippen LogP contribution in [0.4, 0.5) is 29.2 Å². The maximum Gasteiger partial charge on any atom is 0.490 e. The van der Waals surface area contributed by atoms with Gasteiger partial charge in [-0.15, -0.1) is 0 Å². The van der Waals surface area contributed by atoms with Crippen molar-refractivity contribution in [2.45, 2.75) is 32.5 Å². The highest BCUT2D eigenvalue weighted by atomic mass is 19.4. The number of benzene rings is 1. The third kappa shape index (κ3) is 7.03. The van der Waals surface area contributed by atoms with E-state index in [4.69, 9.17) is 9.90 Å². The fourth-order valence-electron chi connectivity index (χ4n) is 3.20. The molecule has 2 aromatic heterocycles. The number of aliphatic carboxylic acids is 1. The summed E-state index contributed by atoms with van der Waals surface area (Å²) in [6, 6.07) is 6.59. The van der Waals surface area contributed by atoms with Crippen molar-refractivity contribution < 1.29 is 32.3 Å². The van der Waals surface area contributed by atoms with Crippen LogP contribution in [0.5, 0.6) is 0 Å². The first-order valence-corrected chi connectivity index (χ1v) is 10.9. The summed E-state index contributed by atoms with van der Waals surface area (Å²) in [5.74, 6) is -2.31. The smallest absolute Gasteiger partial charge is 0.475 e. The highest BCUT2D eigenvalue weighted by Crippen LogP contribution is 2.33. The third-order valence-corrected chi connectivity index (χ3v) is 5.27. The van der Waals surface area contributed by atoms with Gasteiger partial charge in [-0.25, -0.2) is 19.2 Å². The van der Waals surface area contributed by atoms with Crippen LogP contribution in [0.2, 0.25) is 0 Å². The lowest BCUT2D eigenvalue weighted by Gasteiger charge is -2.10. The highest BCUT2D eigenvalue weighted by molar-refractivity contribution is 6.04. The molecule has 0 spiro atoms. The number of hydrogen-bond acceptors (Lipinski definition) is 5. The third-order valence-electron chi connectivity index (χ3n) is 5.27. The quantitative estimate of drug-likeness (QED) is 0.467. The molecule has 1 amide bonds. The van der Waals surface area contributed by atoms with Gasteiger partial charge in [-0.1, -0.05) is 6.07 Å². The second-order valence-electron chi connectivity index (χ2n) is 8.62. The second-order valence-corrected chi connectivity index (χ2v) is 8.62. The predicted octanol–water partition coefficient (Wildman–Crippen LogP) is 4.75. The number of aromatic nitrogens is 3. The van der Waals surface area contributed by atoms with Crippen LogP contribution in [0.25, 0.3) is 11.1 Å². The Kier molecular flexibility index (Phi) is 7.96. The summed E-state index contributed by atoms with van der Waals surface area (Å²) in [6.07, 6.45) is 2.71. The molecule has 2 N–H and O–H groups in total. The number of aryl methyl sites for hydroxylation is 1. The minimum Gasteiger partial charge on any atom is -0.475 e. The number of hydrogen-bond donors (Lipinski definition) is 2. The van der Waals surface area contributed by atoms with E-state index in [1.807, 2.05) is 42.7 Å². The van der Waals surface area contributed by atoms with Gasteiger partial charge in [0.25, 0.3) is 5.91 Å². The first kappa shape index (κ1) is 26.6. The molecule has 1 saturated carbocycles. The average Bonchev–Trinajstić information content (AvgIpc) is 3.51. The number of carbonyl (C=O) groups is 2. The molecule has 0 bridgehead atoms. The van der Waals surface area contributed by atoms with Gasteiger partial charge in [0.1, 0.15) is 11.5 Å². The SMILES string of the molecule is Cc1ccc(NC(=O)c2cc(-c3cnc(N(C)C)nc3)cn2CC2CC2)c(F)c1.O=C(O)C(F)(F)F. The van der Waals surface area contributed by atoms with Gasteiger partial charge in [0, 0.05) is 50.4 Å². The van der Waals surface area contributed by atoms with E-state index in [0.29, 0.717) is 17.6 Å². The Hall–Kier alpha value is -3.96. The van der Waals surface area contributed by atoms with Crippen LogP contribution >= 0.6 is 0 Å². The van der Waals surface area contributed by atoms with Crippen molar-refractivity contribution in [3.8, 4) is 11.1 Å². The number of halogens is 4. The standard InChI is InChI=1S/C22H24FN5O.C2HF3O2/c1-14-4-7-19(18(23)8-14)26-21(29)20-9-16(13-28(20)12-15-5-6-15)17-10-24-22(25-11-17)27(2)3;3-2(4,5)1(6)7/h4,7-11,13,15H,5-6,12H2,1-3H3,(H,26,29);(H,6,7). The van der Waals surface area contributed by atoms with Crippen LogP contribution in [-0.4, -0.2) is 51.8 Å². The van der Waals surface area contributed by atoms with E-state index in [2.05, 4.69) is 15.3 Å². The monoisotopic (exact) mass is 507 g/mol. The average molecular weight is 507 g/mol. The topological polar surface area (TPSA) is 100 Å². The Morgan fingerprint density at radius 3 is 2.25 bits per heavy atom. The molecule has 192 valence electrons. The van der Waals surface area contributed by atoms with E-state index in [0.717, 1.165) is 23.2 Å². The number of carboxylic acid groups (broad SMARTS) is 1. The van der Waals surface area contributed by atoms with E-state index >= 15 is 0 Å². The molecule has 12 heteroatoms. The van der Waals surface area contributed by atoms with E-state index in [-0.39, 0.29) is 11.6 Å². The van der Waals surface area contributed by atoms with Crippen molar-refractivity contribution in [3.05, 3.63) is 59.9 Å². The molecule has 1 fully saturated rings. The number of carbonyl (C=O) groups excluding carboxylic acids is 1. The zero-order chi connectivity index (χ0) is 26.6. The molecule has 0 aliphatic heterocycles. The Balaban J connectivity index is 0.000000454. The lowest BCUT2D eigenvalue weighted by Crippen LogP contribution is -2.21. The molecule has 0 saturated heterocycles. The molecule has 3 aromatic rings. The van der Waals surface area contributed by atoms with Crippen molar-refractivity contribution in [1.82, 2.24) is 14.5 Å². The van der Waals surface area contributed by atoms with Crippen LogP contribution in [0.3, 0.4) is 0 Å². The van der Waals surface area contributed by atoms with E-state index in [1.165, 1.54) is 18.9 Å². The zero-order valence-electron chi connectivity index (χ0n) is 19.8. The first-order chi connectivity index (χ1) is 16.8. The Morgan fingerprint density at radius 2 is 1.75 bits per heavy atom. The van der Waals surface area contributed by atoms with Crippen LogP contribution in [0, 0.1) is 18.7 Å². The molecule has 4 rings (SSSR count). The molecule has 1 aliphatic carbocycles. The van der Waals surface area contributed by atoms with Gasteiger partial charge in [0.2, 0.25) is 5.95 Å². The van der Waals surface area contributed by atoms with Crippen molar-refractivity contribution in [3.63, 3.8) is 0 Å². The summed E-state index contributed by atoms with van der Waals surface area (Å²) >= 11 is 0. The number of anilines is 2. The summed E-state index contributed by atoms with van der Waals surface area (Å²) in [5, 5.41) is 9.83. The fraction of sp³-hybridized carbons (Fsp3) is 0.333. The number of alkyl halides is 3. The second kappa shape index (κ2) is 10.8. The van der Waals surface area contributed by atoms with Gasteiger partial charge < -0.3 is 19.9 Å². The molecular weight excluding hydrogens is 482 g/mol. The van der Waals surface area contributed by atoms with Crippen LogP contribution < -0.4 is 10.2 Å². The summed E-state index contributed by atoms with van der Waals surface area (Å²) in [6.45, 7) is 2.58. The predicted molar refractivity (Wildman–Crippen MR) is 125 cm³/mol. The summed E-state index contributed by atoms with van der Waals surface area (Å²) in [7, 11) is 3.77. The van der Waals surface area contributed by atoms with Crippen LogP contribution in [0.1, 0.15) is 28.9 Å².